The van der Waals surface area contributed by atoms with Gasteiger partial charge in [-0.1, -0.05) is 18.6 Å². The van der Waals surface area contributed by atoms with Crippen molar-refractivity contribution >= 4 is 6.09 Å². The minimum Gasteiger partial charge on any atom is -0.444 e. The van der Waals surface area contributed by atoms with Crippen molar-refractivity contribution < 1.29 is 9.53 Å². The number of hydrogen-bond donors (Lipinski definition) is 0. The summed E-state index contributed by atoms with van der Waals surface area (Å²) in [6.45, 7) is 9.30. The first-order chi connectivity index (χ1) is 6.92. The quantitative estimate of drug-likeness (QED) is 0.624. The standard InChI is InChI=1S/C12H21NO2/c1-5-10-6-8-13(9-7-10)11(14)15-12(2,3)4/h6H,5,7-9H2,1-4H3. The number of ether oxygens (including phenoxy) is 1. The Balaban J connectivity index is 2.47. The van der Waals surface area contributed by atoms with Gasteiger partial charge in [-0.25, -0.2) is 4.79 Å². The van der Waals surface area contributed by atoms with E-state index in [1.165, 1.54) is 5.57 Å². The number of carbonyl (C=O) groups is 1. The van der Waals surface area contributed by atoms with Crippen LogP contribution in [0.2, 0.25) is 0 Å². The Hall–Kier alpha value is -0.990. The molecule has 0 atom stereocenters. The Bertz CT molecular complexity index is 263. The van der Waals surface area contributed by atoms with Crippen molar-refractivity contribution in [2.24, 2.45) is 0 Å². The second-order valence-electron chi connectivity index (χ2n) is 4.89. The molecule has 0 spiro atoms. The Kier molecular flexibility index (Phi) is 3.77. The van der Waals surface area contributed by atoms with E-state index >= 15 is 0 Å². The summed E-state index contributed by atoms with van der Waals surface area (Å²) in [5, 5.41) is 0. The van der Waals surface area contributed by atoms with Gasteiger partial charge < -0.3 is 9.64 Å². The van der Waals surface area contributed by atoms with Crippen LogP contribution in [0, 0.1) is 0 Å². The van der Waals surface area contributed by atoms with Crippen molar-refractivity contribution in [1.29, 1.82) is 0 Å². The van der Waals surface area contributed by atoms with Crippen LogP contribution in [0.25, 0.3) is 0 Å². The molecule has 1 rings (SSSR count). The molecule has 86 valence electrons. The SMILES string of the molecule is CCC1=CCN(C(=O)OC(C)(C)C)CC1. The minimum absolute atomic E-state index is 0.200. The number of nitrogens with zero attached hydrogens (tertiary/aromatic N) is 1. The first-order valence-electron chi connectivity index (χ1n) is 5.58. The van der Waals surface area contributed by atoms with E-state index < -0.39 is 5.60 Å². The summed E-state index contributed by atoms with van der Waals surface area (Å²) < 4.78 is 5.30. The van der Waals surface area contributed by atoms with E-state index in [2.05, 4.69) is 13.0 Å². The highest BCUT2D eigenvalue weighted by Gasteiger charge is 2.22. The number of hydrogen-bond acceptors (Lipinski definition) is 2. The molecule has 0 saturated heterocycles. The van der Waals surface area contributed by atoms with Crippen LogP contribution in [0.5, 0.6) is 0 Å². The fourth-order valence-corrected chi connectivity index (χ4v) is 1.52. The van der Waals surface area contributed by atoms with Gasteiger partial charge in [-0.2, -0.15) is 0 Å². The summed E-state index contributed by atoms with van der Waals surface area (Å²) in [6, 6.07) is 0. The lowest BCUT2D eigenvalue weighted by atomic mass is 10.1. The molecule has 1 heterocycles. The molecule has 3 nitrogen and oxygen atoms in total. The van der Waals surface area contributed by atoms with Crippen molar-refractivity contribution in [2.45, 2.75) is 46.1 Å². The smallest absolute Gasteiger partial charge is 0.410 e. The number of rotatable bonds is 1. The molecule has 0 unspecified atom stereocenters. The molecule has 0 saturated carbocycles. The van der Waals surface area contributed by atoms with Crippen molar-refractivity contribution in [3.05, 3.63) is 11.6 Å². The first-order valence-corrected chi connectivity index (χ1v) is 5.58. The maximum atomic E-state index is 11.7. The molecular formula is C12H21NO2. The van der Waals surface area contributed by atoms with E-state index in [4.69, 9.17) is 4.74 Å². The minimum atomic E-state index is -0.397. The van der Waals surface area contributed by atoms with Gasteiger partial charge in [0.05, 0.1) is 0 Å². The van der Waals surface area contributed by atoms with Crippen LogP contribution in [-0.4, -0.2) is 29.7 Å². The van der Waals surface area contributed by atoms with Gasteiger partial charge in [0.15, 0.2) is 0 Å². The topological polar surface area (TPSA) is 29.5 Å². The van der Waals surface area contributed by atoms with E-state index in [0.29, 0.717) is 6.54 Å². The summed E-state index contributed by atoms with van der Waals surface area (Å²) in [7, 11) is 0. The molecule has 0 aliphatic carbocycles. The lowest BCUT2D eigenvalue weighted by molar-refractivity contribution is 0.0265. The third-order valence-corrected chi connectivity index (χ3v) is 2.41. The fraction of sp³-hybridized carbons (Fsp3) is 0.750. The van der Waals surface area contributed by atoms with E-state index in [0.717, 1.165) is 19.4 Å². The maximum Gasteiger partial charge on any atom is 0.410 e. The molecule has 0 N–H and O–H groups in total. The zero-order valence-electron chi connectivity index (χ0n) is 10.2. The Morgan fingerprint density at radius 1 is 1.53 bits per heavy atom. The predicted octanol–water partition coefficient (Wildman–Crippen LogP) is 2.96. The Labute approximate surface area is 92.1 Å². The van der Waals surface area contributed by atoms with Crippen LogP contribution in [0.4, 0.5) is 4.79 Å². The highest BCUT2D eigenvalue weighted by molar-refractivity contribution is 5.68. The van der Waals surface area contributed by atoms with Crippen LogP contribution < -0.4 is 0 Å². The first kappa shape index (κ1) is 12.1. The number of amides is 1. The predicted molar refractivity (Wildman–Crippen MR) is 60.8 cm³/mol. The van der Waals surface area contributed by atoms with Gasteiger partial charge >= 0.3 is 6.09 Å². The molecule has 3 heteroatoms. The second-order valence-corrected chi connectivity index (χ2v) is 4.89. The summed E-state index contributed by atoms with van der Waals surface area (Å²) in [6.07, 6.45) is 4.00. The lowest BCUT2D eigenvalue weighted by Crippen LogP contribution is -2.39. The third kappa shape index (κ3) is 3.94. The second kappa shape index (κ2) is 4.69. The van der Waals surface area contributed by atoms with E-state index in [1.54, 1.807) is 4.90 Å². The summed E-state index contributed by atoms with van der Waals surface area (Å²) in [5.74, 6) is 0. The van der Waals surface area contributed by atoms with Crippen LogP contribution in [0.3, 0.4) is 0 Å². The van der Waals surface area contributed by atoms with Gasteiger partial charge in [-0.05, 0) is 33.6 Å². The molecule has 1 aliphatic rings. The highest BCUT2D eigenvalue weighted by Crippen LogP contribution is 2.16. The van der Waals surface area contributed by atoms with E-state index in [9.17, 15) is 4.79 Å². The van der Waals surface area contributed by atoms with Gasteiger partial charge in [0.1, 0.15) is 5.60 Å². The molecular weight excluding hydrogens is 190 g/mol. The van der Waals surface area contributed by atoms with Gasteiger partial charge in [0.2, 0.25) is 0 Å². The maximum absolute atomic E-state index is 11.7. The monoisotopic (exact) mass is 211 g/mol. The molecule has 0 fully saturated rings. The zero-order chi connectivity index (χ0) is 11.5. The van der Waals surface area contributed by atoms with Crippen molar-refractivity contribution in [3.63, 3.8) is 0 Å². The largest absolute Gasteiger partial charge is 0.444 e. The molecule has 15 heavy (non-hydrogen) atoms. The zero-order valence-corrected chi connectivity index (χ0v) is 10.2. The van der Waals surface area contributed by atoms with Crippen LogP contribution in [0.15, 0.2) is 11.6 Å². The van der Waals surface area contributed by atoms with Crippen molar-refractivity contribution in [3.8, 4) is 0 Å². The third-order valence-electron chi connectivity index (χ3n) is 2.41. The molecule has 0 radical (unpaired) electrons. The summed E-state index contributed by atoms with van der Waals surface area (Å²) >= 11 is 0. The van der Waals surface area contributed by atoms with Gasteiger partial charge in [-0.3, -0.25) is 0 Å². The van der Waals surface area contributed by atoms with Gasteiger partial charge in [0, 0.05) is 13.1 Å². The molecule has 0 aromatic rings. The molecule has 0 bridgehead atoms. The molecule has 1 amide bonds. The van der Waals surface area contributed by atoms with E-state index in [1.807, 2.05) is 20.8 Å². The average Bonchev–Trinajstić information content (AvgIpc) is 2.15. The molecule has 0 aromatic carbocycles. The summed E-state index contributed by atoms with van der Waals surface area (Å²) in [5.41, 5.74) is 1.04. The fourth-order valence-electron chi connectivity index (χ4n) is 1.52. The average molecular weight is 211 g/mol. The Morgan fingerprint density at radius 3 is 2.60 bits per heavy atom. The normalized spacial score (nSPS) is 17.3. The van der Waals surface area contributed by atoms with Crippen molar-refractivity contribution in [1.82, 2.24) is 4.90 Å². The molecule has 1 aliphatic heterocycles. The van der Waals surface area contributed by atoms with Gasteiger partial charge in [0.25, 0.3) is 0 Å². The van der Waals surface area contributed by atoms with Crippen LogP contribution >= 0.6 is 0 Å². The highest BCUT2D eigenvalue weighted by atomic mass is 16.6. The van der Waals surface area contributed by atoms with Crippen molar-refractivity contribution in [2.75, 3.05) is 13.1 Å². The van der Waals surface area contributed by atoms with Gasteiger partial charge in [-0.15, -0.1) is 0 Å². The van der Waals surface area contributed by atoms with E-state index in [-0.39, 0.29) is 6.09 Å². The van der Waals surface area contributed by atoms with Crippen LogP contribution in [-0.2, 0) is 4.74 Å². The summed E-state index contributed by atoms with van der Waals surface area (Å²) in [4.78, 5) is 13.4. The van der Waals surface area contributed by atoms with Crippen LogP contribution in [0.1, 0.15) is 40.5 Å². The number of carbonyl (C=O) groups excluding carboxylic acids is 1. The Morgan fingerprint density at radius 2 is 2.20 bits per heavy atom. The lowest BCUT2D eigenvalue weighted by Gasteiger charge is -2.29. The molecule has 0 aromatic heterocycles.